The van der Waals surface area contributed by atoms with Gasteiger partial charge in [0, 0.05) is 4.47 Å². The van der Waals surface area contributed by atoms with Gasteiger partial charge in [0.2, 0.25) is 0 Å². The zero-order chi connectivity index (χ0) is 13.8. The van der Waals surface area contributed by atoms with E-state index < -0.39 is 5.54 Å². The molecular weight excluding hydrogens is 316 g/mol. The average Bonchev–Trinajstić information content (AvgIpc) is 2.36. The second kappa shape index (κ2) is 6.21. The molecule has 0 aromatic heterocycles. The van der Waals surface area contributed by atoms with Gasteiger partial charge in [0.1, 0.15) is 5.54 Å². The van der Waals surface area contributed by atoms with Crippen molar-refractivity contribution in [3.63, 3.8) is 0 Å². The van der Waals surface area contributed by atoms with Crippen molar-refractivity contribution in [2.45, 2.75) is 32.2 Å². The number of nitrogens with one attached hydrogen (secondary N) is 1. The lowest BCUT2D eigenvalue weighted by molar-refractivity contribution is 0.0915. The van der Waals surface area contributed by atoms with Gasteiger partial charge in [0.05, 0.1) is 16.7 Å². The Morgan fingerprint density at radius 3 is 2.56 bits per heavy atom. The van der Waals surface area contributed by atoms with Crippen LogP contribution < -0.4 is 5.32 Å². The summed E-state index contributed by atoms with van der Waals surface area (Å²) < 4.78 is 0.807. The van der Waals surface area contributed by atoms with E-state index in [0.717, 1.165) is 4.47 Å². The second-order valence-corrected chi connectivity index (χ2v) is 5.30. The molecule has 0 spiro atoms. The fraction of sp³-hybridized carbons (Fsp3) is 0.385. The Bertz CT molecular complexity index is 492. The molecule has 0 unspecified atom stereocenters. The number of nitriles is 1. The lowest BCUT2D eigenvalue weighted by Gasteiger charge is -2.25. The number of hydrogen-bond acceptors (Lipinski definition) is 2. The molecule has 1 rings (SSSR count). The normalized spacial score (nSPS) is 10.8. The van der Waals surface area contributed by atoms with Crippen molar-refractivity contribution in [3.05, 3.63) is 33.3 Å². The summed E-state index contributed by atoms with van der Waals surface area (Å²) in [7, 11) is 0. The van der Waals surface area contributed by atoms with Crippen molar-refractivity contribution < 1.29 is 4.79 Å². The Hall–Kier alpha value is -1.05. The van der Waals surface area contributed by atoms with Gasteiger partial charge < -0.3 is 5.32 Å². The number of hydrogen-bond donors (Lipinski definition) is 1. The van der Waals surface area contributed by atoms with Gasteiger partial charge in [-0.3, -0.25) is 4.79 Å². The van der Waals surface area contributed by atoms with Crippen LogP contribution in [0.1, 0.15) is 37.0 Å². The second-order valence-electron chi connectivity index (χ2n) is 3.98. The van der Waals surface area contributed by atoms with Gasteiger partial charge in [-0.15, -0.1) is 0 Å². The Balaban J connectivity index is 2.99. The Morgan fingerprint density at radius 2 is 2.11 bits per heavy atom. The zero-order valence-electron chi connectivity index (χ0n) is 10.3. The minimum absolute atomic E-state index is 0.322. The number of rotatable bonds is 4. The lowest BCUT2D eigenvalue weighted by atomic mass is 9.94. The lowest BCUT2D eigenvalue weighted by Crippen LogP contribution is -2.46. The van der Waals surface area contributed by atoms with Crippen molar-refractivity contribution >= 4 is 33.4 Å². The molecule has 0 aliphatic rings. The highest BCUT2D eigenvalue weighted by Crippen LogP contribution is 2.23. The van der Waals surface area contributed by atoms with Crippen molar-refractivity contribution in [2.24, 2.45) is 0 Å². The maximum Gasteiger partial charge on any atom is 0.254 e. The van der Waals surface area contributed by atoms with E-state index in [1.54, 1.807) is 18.2 Å². The van der Waals surface area contributed by atoms with Crippen LogP contribution in [0.25, 0.3) is 0 Å². The van der Waals surface area contributed by atoms with Gasteiger partial charge >= 0.3 is 0 Å². The van der Waals surface area contributed by atoms with Crippen LogP contribution in [-0.2, 0) is 0 Å². The largest absolute Gasteiger partial charge is 0.334 e. The van der Waals surface area contributed by atoms with Crippen molar-refractivity contribution in [1.29, 1.82) is 5.26 Å². The van der Waals surface area contributed by atoms with E-state index in [-0.39, 0.29) is 5.91 Å². The maximum absolute atomic E-state index is 12.1. The Labute approximate surface area is 120 Å². The van der Waals surface area contributed by atoms with Crippen molar-refractivity contribution in [1.82, 2.24) is 5.32 Å². The van der Waals surface area contributed by atoms with Crippen LogP contribution in [0.15, 0.2) is 22.7 Å². The molecule has 0 bridgehead atoms. The summed E-state index contributed by atoms with van der Waals surface area (Å²) in [6.07, 6.45) is 1.11. The fourth-order valence-electron chi connectivity index (χ4n) is 1.57. The highest BCUT2D eigenvalue weighted by atomic mass is 79.9. The topological polar surface area (TPSA) is 52.9 Å². The van der Waals surface area contributed by atoms with Crippen molar-refractivity contribution in [2.75, 3.05) is 0 Å². The van der Waals surface area contributed by atoms with Gasteiger partial charge in [0.15, 0.2) is 0 Å². The van der Waals surface area contributed by atoms with E-state index >= 15 is 0 Å². The van der Waals surface area contributed by atoms with Crippen LogP contribution in [-0.4, -0.2) is 11.4 Å². The molecular formula is C13H14BrClN2O. The highest BCUT2D eigenvalue weighted by molar-refractivity contribution is 9.10. The summed E-state index contributed by atoms with van der Waals surface area (Å²) in [5.41, 5.74) is -0.450. The van der Waals surface area contributed by atoms with Gasteiger partial charge in [-0.05, 0) is 31.0 Å². The van der Waals surface area contributed by atoms with Crippen LogP contribution in [0, 0.1) is 11.3 Å². The standard InChI is InChI=1S/C13H14BrClN2O/c1-3-13(4-2,8-16)17-12(18)10-6-5-9(14)7-11(10)15/h5-7H,3-4H2,1-2H3,(H,17,18). The molecule has 0 heterocycles. The van der Waals surface area contributed by atoms with Crippen LogP contribution in [0.5, 0.6) is 0 Å². The maximum atomic E-state index is 12.1. The minimum Gasteiger partial charge on any atom is -0.334 e. The van der Waals surface area contributed by atoms with E-state index in [0.29, 0.717) is 23.4 Å². The summed E-state index contributed by atoms with van der Waals surface area (Å²) in [4.78, 5) is 12.1. The number of carbonyl (C=O) groups is 1. The summed E-state index contributed by atoms with van der Waals surface area (Å²) >= 11 is 9.29. The third-order valence-corrected chi connectivity index (χ3v) is 3.76. The molecule has 1 amide bonds. The first-order chi connectivity index (χ1) is 8.48. The van der Waals surface area contributed by atoms with Crippen LogP contribution in [0.4, 0.5) is 0 Å². The third kappa shape index (κ3) is 3.24. The summed E-state index contributed by atoms with van der Waals surface area (Å²) in [5, 5.41) is 12.3. The quantitative estimate of drug-likeness (QED) is 0.910. The van der Waals surface area contributed by atoms with Crippen molar-refractivity contribution in [3.8, 4) is 6.07 Å². The number of carbonyl (C=O) groups excluding carboxylic acids is 1. The summed E-state index contributed by atoms with van der Waals surface area (Å²) in [6, 6.07) is 7.19. The molecule has 0 fully saturated rings. The Morgan fingerprint density at radius 1 is 1.50 bits per heavy atom. The molecule has 3 nitrogen and oxygen atoms in total. The molecule has 1 aromatic carbocycles. The molecule has 1 N–H and O–H groups in total. The number of halogens is 2. The predicted octanol–water partition coefficient (Wildman–Crippen LogP) is 3.91. The van der Waals surface area contributed by atoms with Gasteiger partial charge in [-0.1, -0.05) is 41.4 Å². The smallest absolute Gasteiger partial charge is 0.254 e. The van der Waals surface area contributed by atoms with E-state index in [2.05, 4.69) is 27.3 Å². The molecule has 0 saturated carbocycles. The molecule has 5 heteroatoms. The molecule has 1 aromatic rings. The monoisotopic (exact) mass is 328 g/mol. The molecule has 0 atom stereocenters. The van der Waals surface area contributed by atoms with Gasteiger partial charge in [-0.25, -0.2) is 0 Å². The first kappa shape index (κ1) is 15.0. The molecule has 96 valence electrons. The SMILES string of the molecule is CCC(C#N)(CC)NC(=O)c1ccc(Br)cc1Cl. The predicted molar refractivity (Wildman–Crippen MR) is 75.5 cm³/mol. The van der Waals surface area contributed by atoms with Gasteiger partial charge in [0.25, 0.3) is 5.91 Å². The number of nitrogens with zero attached hydrogens (tertiary/aromatic N) is 1. The third-order valence-electron chi connectivity index (χ3n) is 2.95. The minimum atomic E-state index is -0.826. The molecule has 0 saturated heterocycles. The van der Waals surface area contributed by atoms with E-state index in [1.165, 1.54) is 0 Å². The Kier molecular flexibility index (Phi) is 5.18. The van der Waals surface area contributed by atoms with Crippen LogP contribution in [0.2, 0.25) is 5.02 Å². The average molecular weight is 330 g/mol. The van der Waals surface area contributed by atoms with E-state index in [1.807, 2.05) is 13.8 Å². The molecule has 0 aliphatic heterocycles. The molecule has 0 aliphatic carbocycles. The first-order valence-electron chi connectivity index (χ1n) is 5.67. The molecule has 18 heavy (non-hydrogen) atoms. The van der Waals surface area contributed by atoms with Crippen LogP contribution >= 0.6 is 27.5 Å². The summed E-state index contributed by atoms with van der Waals surface area (Å²) in [6.45, 7) is 3.74. The zero-order valence-corrected chi connectivity index (χ0v) is 12.6. The van der Waals surface area contributed by atoms with E-state index in [4.69, 9.17) is 11.6 Å². The highest BCUT2D eigenvalue weighted by Gasteiger charge is 2.28. The summed E-state index contributed by atoms with van der Waals surface area (Å²) in [5.74, 6) is -0.322. The van der Waals surface area contributed by atoms with E-state index in [9.17, 15) is 10.1 Å². The first-order valence-corrected chi connectivity index (χ1v) is 6.84. The number of amides is 1. The molecule has 0 radical (unpaired) electrons. The van der Waals surface area contributed by atoms with Gasteiger partial charge in [-0.2, -0.15) is 5.26 Å². The van der Waals surface area contributed by atoms with Crippen LogP contribution in [0.3, 0.4) is 0 Å². The fourth-order valence-corrected chi connectivity index (χ4v) is 2.33. The number of benzene rings is 1.